The van der Waals surface area contributed by atoms with E-state index < -0.39 is 0 Å². The van der Waals surface area contributed by atoms with E-state index in [4.69, 9.17) is 0 Å². The molecule has 0 aromatic heterocycles. The van der Waals surface area contributed by atoms with E-state index in [2.05, 4.69) is 6.92 Å². The lowest BCUT2D eigenvalue weighted by Gasteiger charge is -1.86. The summed E-state index contributed by atoms with van der Waals surface area (Å²) in [6.07, 6.45) is 4.30. The van der Waals surface area contributed by atoms with Gasteiger partial charge in [0, 0.05) is 0 Å². The second-order valence-electron chi connectivity index (χ2n) is 1.71. The molecule has 2 N–H and O–H groups in total. The molecular formula is C5H15AlO. The molecule has 0 unspecified atom stereocenters. The van der Waals surface area contributed by atoms with E-state index in [-0.39, 0.29) is 5.48 Å². The SMILES string of the molecule is CCCC[CH2][AlH2].O. The number of hydrogen-bond donors (Lipinski definition) is 0. The summed E-state index contributed by atoms with van der Waals surface area (Å²) in [7, 11) is 0. The van der Waals surface area contributed by atoms with Crippen molar-refractivity contribution in [1.29, 1.82) is 0 Å². The van der Waals surface area contributed by atoms with E-state index in [1.807, 2.05) is 0 Å². The van der Waals surface area contributed by atoms with E-state index >= 15 is 0 Å². The van der Waals surface area contributed by atoms with Gasteiger partial charge in [0.25, 0.3) is 0 Å². The summed E-state index contributed by atoms with van der Waals surface area (Å²) in [6.45, 7) is 2.25. The summed E-state index contributed by atoms with van der Waals surface area (Å²) in [5, 5.41) is 1.49. The van der Waals surface area contributed by atoms with Crippen LogP contribution in [0.4, 0.5) is 0 Å². The summed E-state index contributed by atoms with van der Waals surface area (Å²) in [5.74, 6) is 0. The van der Waals surface area contributed by atoms with E-state index in [0.29, 0.717) is 0 Å². The largest absolute Gasteiger partial charge is 0.412 e. The standard InChI is InChI=1S/C5H11.Al.H2O.2H/c1-3-5-4-2;;;;/h1,3-5H2,2H3;;1H2;;. The molecule has 0 spiro atoms. The van der Waals surface area contributed by atoms with Crippen molar-refractivity contribution in [3.8, 4) is 0 Å². The second-order valence-corrected chi connectivity index (χ2v) is 2.71. The van der Waals surface area contributed by atoms with Gasteiger partial charge in [0.15, 0.2) is 0 Å². The number of hydrogen-bond acceptors (Lipinski definition) is 0. The lowest BCUT2D eigenvalue weighted by molar-refractivity contribution is 0.771. The predicted molar refractivity (Wildman–Crippen MR) is 36.5 cm³/mol. The summed E-state index contributed by atoms with van der Waals surface area (Å²) < 4.78 is 0. The first-order chi connectivity index (χ1) is 2.91. The second kappa shape index (κ2) is 9.70. The average Bonchev–Trinajstić information content (AvgIpc) is 1.61. The molecule has 0 saturated heterocycles. The fraction of sp³-hybridized carbons (Fsp3) is 1.00. The Hall–Kier alpha value is 0.492. The maximum absolute atomic E-state index is 2.25. The summed E-state index contributed by atoms with van der Waals surface area (Å²) in [5.41, 5.74) is 0. The van der Waals surface area contributed by atoms with E-state index in [9.17, 15) is 0 Å². The Kier molecular flexibility index (Phi) is 14.5. The van der Waals surface area contributed by atoms with Crippen LogP contribution in [0.15, 0.2) is 0 Å². The highest BCUT2D eigenvalue weighted by Crippen LogP contribution is 1.94. The third-order valence-corrected chi connectivity index (χ3v) is 1.66. The average molecular weight is 118 g/mol. The van der Waals surface area contributed by atoms with Crippen molar-refractivity contribution in [1.82, 2.24) is 0 Å². The van der Waals surface area contributed by atoms with Crippen LogP contribution in [0.1, 0.15) is 26.2 Å². The van der Waals surface area contributed by atoms with Gasteiger partial charge in [-0.05, 0) is 0 Å². The molecule has 1 nitrogen and oxygen atoms in total. The van der Waals surface area contributed by atoms with Gasteiger partial charge in [-0.2, -0.15) is 0 Å². The van der Waals surface area contributed by atoms with Crippen LogP contribution in [0.3, 0.4) is 0 Å². The van der Waals surface area contributed by atoms with Crippen LogP contribution in [0.2, 0.25) is 5.28 Å². The Morgan fingerprint density at radius 3 is 2.00 bits per heavy atom. The lowest BCUT2D eigenvalue weighted by Crippen LogP contribution is -1.69. The van der Waals surface area contributed by atoms with Crippen molar-refractivity contribution in [2.24, 2.45) is 0 Å². The maximum Gasteiger partial charge on any atom is 0.211 e. The number of unbranched alkanes of at least 4 members (excludes halogenated alkanes) is 2. The Morgan fingerprint density at radius 2 is 1.86 bits per heavy atom. The van der Waals surface area contributed by atoms with Crippen LogP contribution < -0.4 is 0 Å². The Bertz CT molecular complexity index is 20.0. The molecule has 2 heteroatoms. The molecule has 0 aliphatic heterocycles. The summed E-state index contributed by atoms with van der Waals surface area (Å²) in [4.78, 5) is 0. The van der Waals surface area contributed by atoms with Crippen molar-refractivity contribution in [3.63, 3.8) is 0 Å². The monoisotopic (exact) mass is 118 g/mol. The highest BCUT2D eigenvalue weighted by molar-refractivity contribution is 6.08. The fourth-order valence-electron chi connectivity index (χ4n) is 0.500. The maximum atomic E-state index is 2.25. The van der Waals surface area contributed by atoms with Gasteiger partial charge in [-0.15, -0.1) is 5.28 Å². The minimum atomic E-state index is 0. The Morgan fingerprint density at radius 1 is 1.29 bits per heavy atom. The van der Waals surface area contributed by atoms with Crippen LogP contribution in [-0.2, 0) is 0 Å². The van der Waals surface area contributed by atoms with E-state index in [0.717, 1.165) is 0 Å². The van der Waals surface area contributed by atoms with Gasteiger partial charge in [-0.1, -0.05) is 26.2 Å². The smallest absolute Gasteiger partial charge is 0.211 e. The molecule has 0 aromatic carbocycles. The zero-order valence-electron chi connectivity index (χ0n) is 5.33. The first-order valence-electron chi connectivity index (χ1n) is 2.91. The number of rotatable bonds is 3. The quantitative estimate of drug-likeness (QED) is 0.379. The van der Waals surface area contributed by atoms with Gasteiger partial charge >= 0.3 is 0 Å². The van der Waals surface area contributed by atoms with Crippen LogP contribution >= 0.6 is 0 Å². The molecular weight excluding hydrogens is 103 g/mol. The first-order valence-corrected chi connectivity index (χ1v) is 4.33. The van der Waals surface area contributed by atoms with E-state index in [1.165, 1.54) is 40.8 Å². The zero-order valence-corrected chi connectivity index (χ0v) is 7.33. The minimum absolute atomic E-state index is 0. The van der Waals surface area contributed by atoms with Crippen LogP contribution in [0.25, 0.3) is 0 Å². The fourth-order valence-corrected chi connectivity index (χ4v) is 1.000. The van der Waals surface area contributed by atoms with Gasteiger partial charge in [-0.25, -0.2) is 0 Å². The third-order valence-electron chi connectivity index (χ3n) is 0.957. The molecule has 0 heterocycles. The van der Waals surface area contributed by atoms with Crippen molar-refractivity contribution in [2.45, 2.75) is 31.5 Å². The van der Waals surface area contributed by atoms with Gasteiger partial charge in [0.1, 0.15) is 0 Å². The minimum Gasteiger partial charge on any atom is -0.412 e. The predicted octanol–water partition coefficient (Wildman–Crippen LogP) is 0.403. The third kappa shape index (κ3) is 10.7. The molecule has 0 bridgehead atoms. The zero-order chi connectivity index (χ0) is 4.83. The van der Waals surface area contributed by atoms with Gasteiger partial charge in [0.2, 0.25) is 16.3 Å². The molecule has 0 aliphatic rings. The van der Waals surface area contributed by atoms with Gasteiger partial charge in [0.05, 0.1) is 0 Å². The normalized spacial score (nSPS) is 7.57. The summed E-state index contributed by atoms with van der Waals surface area (Å²) in [6, 6.07) is 0. The molecule has 0 rings (SSSR count). The van der Waals surface area contributed by atoms with Crippen LogP contribution in [0, 0.1) is 0 Å². The highest BCUT2D eigenvalue weighted by Gasteiger charge is 1.76. The topological polar surface area (TPSA) is 31.5 Å². The molecule has 0 saturated carbocycles. The lowest BCUT2D eigenvalue weighted by atomic mass is 10.3. The van der Waals surface area contributed by atoms with Crippen molar-refractivity contribution in [2.75, 3.05) is 0 Å². The molecule has 7 heavy (non-hydrogen) atoms. The Labute approximate surface area is 53.8 Å². The van der Waals surface area contributed by atoms with Gasteiger partial charge in [-0.3, -0.25) is 0 Å². The molecule has 0 fully saturated rings. The molecule has 0 atom stereocenters. The van der Waals surface area contributed by atoms with E-state index in [1.54, 1.807) is 0 Å². The molecule has 44 valence electrons. The first kappa shape index (κ1) is 10.5. The molecule has 0 radical (unpaired) electrons. The molecule has 0 aromatic rings. The van der Waals surface area contributed by atoms with Crippen molar-refractivity contribution < 1.29 is 5.48 Å². The molecule has 0 amide bonds. The van der Waals surface area contributed by atoms with Crippen LogP contribution in [0.5, 0.6) is 0 Å². The van der Waals surface area contributed by atoms with Crippen molar-refractivity contribution in [3.05, 3.63) is 0 Å². The highest BCUT2D eigenvalue weighted by atomic mass is 27.0. The summed E-state index contributed by atoms with van der Waals surface area (Å²) >= 11 is 1.40. The Balaban J connectivity index is 0. The van der Waals surface area contributed by atoms with Crippen LogP contribution in [-0.4, -0.2) is 21.8 Å². The van der Waals surface area contributed by atoms with Gasteiger partial charge < -0.3 is 5.48 Å². The van der Waals surface area contributed by atoms with Crippen molar-refractivity contribution >= 4 is 16.3 Å². The molecule has 0 aliphatic carbocycles.